The van der Waals surface area contributed by atoms with Gasteiger partial charge >= 0.3 is 8.60 Å². The number of hydrogen-bond donors (Lipinski definition) is 0. The molecule has 20 heavy (non-hydrogen) atoms. The average Bonchev–Trinajstić information content (AvgIpc) is 3.13. The summed E-state index contributed by atoms with van der Waals surface area (Å²) in [5.74, 6) is -0.00764. The van der Waals surface area contributed by atoms with Crippen LogP contribution >= 0.6 is 8.60 Å². The predicted octanol–water partition coefficient (Wildman–Crippen LogP) is 0.600. The first-order valence-corrected chi connectivity index (χ1v) is 7.68. The van der Waals surface area contributed by atoms with Crippen LogP contribution in [0.1, 0.15) is 12.8 Å². The van der Waals surface area contributed by atoms with Gasteiger partial charge in [-0.25, -0.2) is 0 Å². The number of rotatable bonds is 5. The highest BCUT2D eigenvalue weighted by atomic mass is 31.2. The number of likely N-dealkylation sites (N-methyl/N-ethyl adjacent to an activating group) is 2. The van der Waals surface area contributed by atoms with E-state index in [9.17, 15) is 9.59 Å². The molecule has 0 spiro atoms. The minimum absolute atomic E-state index is 0.287. The fraction of sp³-hybridized carbons (Fsp3) is 0.833. The lowest BCUT2D eigenvalue weighted by Gasteiger charge is -2.21. The fourth-order valence-electron chi connectivity index (χ4n) is 1.69. The van der Waals surface area contributed by atoms with Gasteiger partial charge in [-0.2, -0.15) is 0 Å². The van der Waals surface area contributed by atoms with Gasteiger partial charge in [-0.05, 0) is 18.8 Å². The fourth-order valence-corrected chi connectivity index (χ4v) is 2.97. The summed E-state index contributed by atoms with van der Waals surface area (Å²) in [6, 6.07) is 0. The lowest BCUT2D eigenvalue weighted by molar-refractivity contribution is -0.146. The number of carbonyl (C=O) groups is 2. The Bertz CT molecular complexity index is 358. The summed E-state index contributed by atoms with van der Waals surface area (Å²) in [5, 5.41) is 0. The van der Waals surface area contributed by atoms with Gasteiger partial charge in [-0.1, -0.05) is 0 Å². The SMILES string of the molecule is CN(C)C(=O)[C@@H]1OP(OCC2CC2)O[C@H]1C(=O)N(C)C. The first kappa shape index (κ1) is 15.6. The van der Waals surface area contributed by atoms with E-state index < -0.39 is 20.8 Å². The van der Waals surface area contributed by atoms with E-state index in [-0.39, 0.29) is 11.8 Å². The molecule has 1 saturated heterocycles. The van der Waals surface area contributed by atoms with Crippen LogP contribution < -0.4 is 0 Å². The summed E-state index contributed by atoms with van der Waals surface area (Å²) in [4.78, 5) is 27.0. The van der Waals surface area contributed by atoms with Crippen LogP contribution in [-0.2, 0) is 23.2 Å². The minimum atomic E-state index is -1.63. The lowest BCUT2D eigenvalue weighted by Crippen LogP contribution is -2.47. The van der Waals surface area contributed by atoms with Gasteiger partial charge < -0.3 is 14.3 Å². The molecule has 0 aromatic heterocycles. The van der Waals surface area contributed by atoms with Crippen molar-refractivity contribution in [2.24, 2.45) is 5.92 Å². The summed E-state index contributed by atoms with van der Waals surface area (Å²) in [5.41, 5.74) is 0. The van der Waals surface area contributed by atoms with Crippen molar-refractivity contribution in [2.45, 2.75) is 25.0 Å². The molecule has 0 aromatic carbocycles. The van der Waals surface area contributed by atoms with Gasteiger partial charge in [0, 0.05) is 28.2 Å². The molecule has 0 aromatic rings. The van der Waals surface area contributed by atoms with Crippen LogP contribution in [0, 0.1) is 5.92 Å². The Kier molecular flexibility index (Phi) is 4.96. The highest BCUT2D eigenvalue weighted by molar-refractivity contribution is 7.42. The maximum atomic E-state index is 12.1. The van der Waals surface area contributed by atoms with E-state index in [1.807, 2.05) is 0 Å². The zero-order valence-electron chi connectivity index (χ0n) is 12.2. The molecule has 0 bridgehead atoms. The molecular weight excluding hydrogens is 283 g/mol. The number of hydrogen-bond acceptors (Lipinski definition) is 5. The standard InChI is InChI=1S/C12H21N2O5P/c1-13(2)11(15)9-10(12(16)14(3)4)19-20(18-9)17-7-8-5-6-8/h8-10H,5-7H2,1-4H3/t9-,10-/m1/s1. The van der Waals surface area contributed by atoms with Crippen molar-refractivity contribution in [2.75, 3.05) is 34.8 Å². The summed E-state index contributed by atoms with van der Waals surface area (Å²) in [6.45, 7) is 0.567. The van der Waals surface area contributed by atoms with E-state index in [0.717, 1.165) is 12.8 Å². The zero-order chi connectivity index (χ0) is 14.9. The number of carbonyl (C=O) groups excluding carboxylic acids is 2. The smallest absolute Gasteiger partial charge is 0.334 e. The second-order valence-electron chi connectivity index (χ2n) is 5.48. The van der Waals surface area contributed by atoms with E-state index in [2.05, 4.69) is 0 Å². The van der Waals surface area contributed by atoms with E-state index in [1.54, 1.807) is 28.2 Å². The van der Waals surface area contributed by atoms with Crippen LogP contribution in [0.4, 0.5) is 0 Å². The van der Waals surface area contributed by atoms with Gasteiger partial charge in [0.25, 0.3) is 11.8 Å². The van der Waals surface area contributed by atoms with Crippen LogP contribution in [0.15, 0.2) is 0 Å². The van der Waals surface area contributed by atoms with E-state index in [1.165, 1.54) is 9.80 Å². The van der Waals surface area contributed by atoms with Crippen LogP contribution in [0.5, 0.6) is 0 Å². The molecule has 2 atom stereocenters. The van der Waals surface area contributed by atoms with Gasteiger partial charge in [-0.3, -0.25) is 18.6 Å². The highest BCUT2D eigenvalue weighted by Crippen LogP contribution is 2.51. The van der Waals surface area contributed by atoms with Gasteiger partial charge in [0.15, 0.2) is 12.2 Å². The molecule has 1 aliphatic carbocycles. The molecule has 2 amide bonds. The monoisotopic (exact) mass is 304 g/mol. The van der Waals surface area contributed by atoms with Crippen molar-refractivity contribution in [1.82, 2.24) is 9.80 Å². The number of nitrogens with zero attached hydrogens (tertiary/aromatic N) is 2. The zero-order valence-corrected chi connectivity index (χ0v) is 13.1. The van der Waals surface area contributed by atoms with Crippen molar-refractivity contribution < 1.29 is 23.2 Å². The molecule has 1 heterocycles. The molecule has 2 aliphatic rings. The molecule has 0 N–H and O–H groups in total. The third kappa shape index (κ3) is 3.67. The van der Waals surface area contributed by atoms with Crippen LogP contribution in [0.2, 0.25) is 0 Å². The molecule has 0 unspecified atom stereocenters. The van der Waals surface area contributed by atoms with Gasteiger partial charge in [0.2, 0.25) is 0 Å². The van der Waals surface area contributed by atoms with Crippen molar-refractivity contribution in [3.8, 4) is 0 Å². The lowest BCUT2D eigenvalue weighted by atomic mass is 10.1. The Labute approximate surface area is 120 Å². The van der Waals surface area contributed by atoms with Gasteiger partial charge in [-0.15, -0.1) is 0 Å². The Balaban J connectivity index is 2.00. The van der Waals surface area contributed by atoms with Crippen LogP contribution in [0.3, 0.4) is 0 Å². The third-order valence-corrected chi connectivity index (χ3v) is 4.31. The van der Waals surface area contributed by atoms with Crippen molar-refractivity contribution in [3.05, 3.63) is 0 Å². The van der Waals surface area contributed by atoms with Gasteiger partial charge in [0.1, 0.15) is 0 Å². The molecule has 7 nitrogen and oxygen atoms in total. The quantitative estimate of drug-likeness (QED) is 0.696. The Morgan fingerprint density at radius 1 is 1.05 bits per heavy atom. The van der Waals surface area contributed by atoms with Crippen molar-refractivity contribution >= 4 is 20.4 Å². The van der Waals surface area contributed by atoms with E-state index >= 15 is 0 Å². The summed E-state index contributed by atoms with van der Waals surface area (Å²) >= 11 is 0. The molecule has 2 rings (SSSR count). The summed E-state index contributed by atoms with van der Waals surface area (Å²) in [6.07, 6.45) is 0.461. The summed E-state index contributed by atoms with van der Waals surface area (Å²) < 4.78 is 16.6. The Morgan fingerprint density at radius 3 is 1.85 bits per heavy atom. The molecule has 1 aliphatic heterocycles. The summed E-state index contributed by atoms with van der Waals surface area (Å²) in [7, 11) is 4.85. The second-order valence-corrected chi connectivity index (χ2v) is 6.61. The second kappa shape index (κ2) is 6.35. The Hall–Kier alpha value is -0.750. The topological polar surface area (TPSA) is 68.3 Å². The third-order valence-electron chi connectivity index (χ3n) is 3.16. The van der Waals surface area contributed by atoms with Gasteiger partial charge in [0.05, 0.1) is 6.61 Å². The van der Waals surface area contributed by atoms with E-state index in [0.29, 0.717) is 12.5 Å². The minimum Gasteiger partial charge on any atom is -0.346 e. The van der Waals surface area contributed by atoms with Crippen molar-refractivity contribution in [1.29, 1.82) is 0 Å². The Morgan fingerprint density at radius 2 is 1.50 bits per heavy atom. The maximum absolute atomic E-state index is 12.1. The average molecular weight is 304 g/mol. The first-order chi connectivity index (χ1) is 9.40. The van der Waals surface area contributed by atoms with Crippen molar-refractivity contribution in [3.63, 3.8) is 0 Å². The molecule has 8 heteroatoms. The van der Waals surface area contributed by atoms with E-state index in [4.69, 9.17) is 13.6 Å². The normalized spacial score (nSPS) is 26.6. The molecular formula is C12H21N2O5P. The molecule has 0 radical (unpaired) electrons. The van der Waals surface area contributed by atoms with Crippen LogP contribution in [-0.4, -0.2) is 68.6 Å². The highest BCUT2D eigenvalue weighted by Gasteiger charge is 2.48. The maximum Gasteiger partial charge on any atom is 0.334 e. The molecule has 114 valence electrons. The molecule has 1 saturated carbocycles. The number of amides is 2. The first-order valence-electron chi connectivity index (χ1n) is 6.59. The predicted molar refractivity (Wildman–Crippen MR) is 72.7 cm³/mol. The molecule has 2 fully saturated rings. The largest absolute Gasteiger partial charge is 0.346 e. The van der Waals surface area contributed by atoms with Crippen LogP contribution in [0.25, 0.3) is 0 Å².